The zero-order chi connectivity index (χ0) is 25.4. The number of aromatic nitrogens is 1. The van der Waals surface area contributed by atoms with Crippen LogP contribution >= 0.6 is 35.3 Å². The summed E-state index contributed by atoms with van der Waals surface area (Å²) in [6.45, 7) is 0. The largest absolute Gasteiger partial charge is 0.469 e. The topological polar surface area (TPSA) is 68.5 Å². The van der Waals surface area contributed by atoms with Crippen molar-refractivity contribution in [3.63, 3.8) is 0 Å². The van der Waals surface area contributed by atoms with Crippen LogP contribution in [0.3, 0.4) is 0 Å². The highest BCUT2D eigenvalue weighted by atomic mass is 32.2. The number of ether oxygens (including phenoxy) is 1. The molecule has 1 amide bonds. The predicted molar refractivity (Wildman–Crippen MR) is 154 cm³/mol. The lowest BCUT2D eigenvalue weighted by Gasteiger charge is -2.49. The van der Waals surface area contributed by atoms with Crippen LogP contribution < -0.4 is 5.73 Å². The Morgan fingerprint density at radius 3 is 2.19 bits per heavy atom. The molecule has 0 saturated carbocycles. The first-order valence-corrected chi connectivity index (χ1v) is 14.2. The lowest BCUT2D eigenvalue weighted by Crippen LogP contribution is -2.68. The number of thioether (sulfide) groups is 1. The van der Waals surface area contributed by atoms with Crippen LogP contribution in [0.25, 0.3) is 16.8 Å². The predicted octanol–water partition coefficient (Wildman–Crippen LogP) is 5.90. The van der Waals surface area contributed by atoms with E-state index in [-0.39, 0.29) is 16.3 Å². The summed E-state index contributed by atoms with van der Waals surface area (Å²) >= 11 is 9.12. The van der Waals surface area contributed by atoms with Crippen molar-refractivity contribution in [3.8, 4) is 11.3 Å². The molecular weight excluding hydrogens is 519 g/mol. The van der Waals surface area contributed by atoms with E-state index in [0.29, 0.717) is 11.4 Å². The Bertz CT molecular complexity index is 1430. The number of β-lactam (4-membered cyclic amide) rings is 1. The van der Waals surface area contributed by atoms with E-state index in [1.54, 1.807) is 28.0 Å². The van der Waals surface area contributed by atoms with Crippen LogP contribution in [-0.2, 0) is 9.53 Å². The molecule has 8 heteroatoms. The van der Waals surface area contributed by atoms with E-state index in [0.717, 1.165) is 33.0 Å². The van der Waals surface area contributed by atoms with Gasteiger partial charge in [0.05, 0.1) is 5.69 Å². The van der Waals surface area contributed by atoms with Crippen LogP contribution in [0.1, 0.15) is 22.2 Å². The number of thiocarbonyl (C=S) groups is 1. The fourth-order valence-corrected chi connectivity index (χ4v) is 7.15. The summed E-state index contributed by atoms with van der Waals surface area (Å²) in [7, 11) is 0. The Morgan fingerprint density at radius 2 is 1.57 bits per heavy atom. The van der Waals surface area contributed by atoms with Crippen molar-refractivity contribution < 1.29 is 9.53 Å². The summed E-state index contributed by atoms with van der Waals surface area (Å²) in [5, 5.41) is 2.98. The van der Waals surface area contributed by atoms with Crippen LogP contribution in [-0.4, -0.2) is 38.0 Å². The number of nitrogens with zero attached hydrogens (tertiary/aromatic N) is 2. The highest BCUT2D eigenvalue weighted by molar-refractivity contribution is 8.00. The molecule has 2 aliphatic heterocycles. The number of thiazole rings is 1. The van der Waals surface area contributed by atoms with Gasteiger partial charge in [0, 0.05) is 22.3 Å². The highest BCUT2D eigenvalue weighted by Crippen LogP contribution is 2.45. The summed E-state index contributed by atoms with van der Waals surface area (Å²) < 4.78 is 6.55. The highest BCUT2D eigenvalue weighted by Gasteiger charge is 2.51. The molecule has 0 radical (unpaired) electrons. The number of nitrogens with two attached hydrogens (primary N) is 1. The Morgan fingerprint density at radius 1 is 0.973 bits per heavy atom. The Balaban J connectivity index is 1.41. The number of hydrogen-bond donors (Lipinski definition) is 1. The number of carbonyl (C=O) groups is 1. The first kappa shape index (κ1) is 24.1. The summed E-state index contributed by atoms with van der Waals surface area (Å²) in [6, 6.07) is 29.5. The van der Waals surface area contributed by atoms with E-state index in [2.05, 4.69) is 0 Å². The molecule has 2 aliphatic rings. The Labute approximate surface area is 229 Å². The van der Waals surface area contributed by atoms with E-state index >= 15 is 0 Å². The number of carbonyl (C=O) groups excluding carboxylic acids is 1. The summed E-state index contributed by atoms with van der Waals surface area (Å²) in [4.78, 5) is 19.6. The maximum absolute atomic E-state index is 13.0. The van der Waals surface area contributed by atoms with Gasteiger partial charge in [-0.25, -0.2) is 4.98 Å². The molecule has 2 atom stereocenters. The van der Waals surface area contributed by atoms with Crippen LogP contribution in [0.2, 0.25) is 0 Å². The maximum Gasteiger partial charge on any atom is 0.248 e. The molecule has 3 heterocycles. The molecule has 0 spiro atoms. The van der Waals surface area contributed by atoms with E-state index in [9.17, 15) is 4.79 Å². The fourth-order valence-electron chi connectivity index (χ4n) is 4.57. The maximum atomic E-state index is 13.0. The Hall–Kier alpha value is -3.30. The van der Waals surface area contributed by atoms with Gasteiger partial charge in [-0.2, -0.15) is 0 Å². The van der Waals surface area contributed by atoms with Gasteiger partial charge in [-0.15, -0.1) is 23.1 Å². The quantitative estimate of drug-likeness (QED) is 0.242. The molecule has 1 saturated heterocycles. The second-order valence-corrected chi connectivity index (χ2v) is 11.1. The lowest BCUT2D eigenvalue weighted by atomic mass is 10.0. The van der Waals surface area contributed by atoms with Crippen LogP contribution in [0.5, 0.6) is 0 Å². The third-order valence-electron chi connectivity index (χ3n) is 6.46. The van der Waals surface area contributed by atoms with Gasteiger partial charge in [-0.05, 0) is 23.3 Å². The van der Waals surface area contributed by atoms with Gasteiger partial charge in [-0.3, -0.25) is 9.69 Å². The standard InChI is InChI=1S/C29H23N3O2S3/c30-23-27(33)32-24(29(35)34-25(19-12-6-2-7-13-19)20-14-8-3-9-15-20)21(16-37-28(23)32)26-31-22(17-36-26)18-10-4-1-5-11-18/h1-15,17,23,25,28H,16,30H2/t23-,28-/m1/s1. The van der Waals surface area contributed by atoms with Gasteiger partial charge in [-0.1, -0.05) is 91.0 Å². The van der Waals surface area contributed by atoms with E-state index in [1.165, 1.54) is 0 Å². The van der Waals surface area contributed by atoms with E-state index < -0.39 is 12.1 Å². The molecule has 0 aliphatic carbocycles. The van der Waals surface area contributed by atoms with Gasteiger partial charge in [0.2, 0.25) is 11.0 Å². The monoisotopic (exact) mass is 541 g/mol. The minimum Gasteiger partial charge on any atom is -0.469 e. The summed E-state index contributed by atoms with van der Waals surface area (Å²) in [5.74, 6) is 0.496. The molecule has 37 heavy (non-hydrogen) atoms. The van der Waals surface area contributed by atoms with Crippen molar-refractivity contribution in [2.45, 2.75) is 17.5 Å². The molecule has 0 unspecified atom stereocenters. The van der Waals surface area contributed by atoms with Crippen molar-refractivity contribution >= 4 is 51.8 Å². The average Bonchev–Trinajstić information content (AvgIpc) is 3.46. The number of fused-ring (bicyclic) bond motifs is 1. The van der Waals surface area contributed by atoms with Gasteiger partial charge in [0.25, 0.3) is 0 Å². The fraction of sp³-hybridized carbons (Fsp3) is 0.138. The third-order valence-corrected chi connectivity index (χ3v) is 8.96. The average molecular weight is 542 g/mol. The third kappa shape index (κ3) is 4.51. The molecule has 2 N–H and O–H groups in total. The number of hydrogen-bond acceptors (Lipinski definition) is 7. The van der Waals surface area contributed by atoms with Gasteiger partial charge < -0.3 is 10.5 Å². The van der Waals surface area contributed by atoms with Crippen LogP contribution in [0.15, 0.2) is 102 Å². The molecule has 184 valence electrons. The zero-order valence-electron chi connectivity index (χ0n) is 19.7. The van der Waals surface area contributed by atoms with Gasteiger partial charge >= 0.3 is 0 Å². The van der Waals surface area contributed by atoms with E-state index in [4.69, 9.17) is 27.7 Å². The smallest absolute Gasteiger partial charge is 0.248 e. The molecule has 6 rings (SSSR count). The minimum atomic E-state index is -0.542. The molecular formula is C29H23N3O2S3. The number of amides is 1. The zero-order valence-corrected chi connectivity index (χ0v) is 22.1. The lowest BCUT2D eigenvalue weighted by molar-refractivity contribution is -0.140. The minimum absolute atomic E-state index is 0.147. The van der Waals surface area contributed by atoms with Crippen molar-refractivity contribution in [1.29, 1.82) is 0 Å². The number of rotatable bonds is 6. The first-order valence-electron chi connectivity index (χ1n) is 11.9. The van der Waals surface area contributed by atoms with E-state index in [1.807, 2.05) is 96.4 Å². The van der Waals surface area contributed by atoms with Gasteiger partial charge in [0.15, 0.2) is 0 Å². The molecule has 1 fully saturated rings. The SMILES string of the molecule is N[C@@H]1C(=O)N2C(C(=S)OC(c3ccccc3)c3ccccc3)=C(c3nc(-c4ccccc4)cs3)CS[C@H]12. The van der Waals surface area contributed by atoms with Crippen LogP contribution in [0, 0.1) is 0 Å². The van der Waals surface area contributed by atoms with Crippen molar-refractivity contribution in [1.82, 2.24) is 9.88 Å². The molecule has 4 aromatic rings. The summed E-state index contributed by atoms with van der Waals surface area (Å²) in [5.41, 5.74) is 11.6. The molecule has 5 nitrogen and oxygen atoms in total. The first-order chi connectivity index (χ1) is 18.1. The molecule has 3 aromatic carbocycles. The second-order valence-electron chi connectivity index (χ2n) is 8.77. The van der Waals surface area contributed by atoms with Crippen molar-refractivity contribution in [2.75, 3.05) is 5.75 Å². The molecule has 1 aromatic heterocycles. The van der Waals surface area contributed by atoms with Crippen molar-refractivity contribution in [3.05, 3.63) is 118 Å². The van der Waals surface area contributed by atoms with Crippen molar-refractivity contribution in [2.24, 2.45) is 5.73 Å². The second kappa shape index (κ2) is 10.2. The normalized spacial score (nSPS) is 19.0. The Kier molecular flexibility index (Phi) is 6.65. The summed E-state index contributed by atoms with van der Waals surface area (Å²) in [6.07, 6.45) is -0.419. The number of benzene rings is 3. The van der Waals surface area contributed by atoms with Gasteiger partial charge in [0.1, 0.15) is 28.2 Å². The molecule has 0 bridgehead atoms. The van der Waals surface area contributed by atoms with Crippen LogP contribution in [0.4, 0.5) is 0 Å².